The van der Waals surface area contributed by atoms with Crippen molar-refractivity contribution in [2.24, 2.45) is 0 Å². The van der Waals surface area contributed by atoms with Gasteiger partial charge in [-0.1, -0.05) is 57.2 Å². The SMILES string of the molecule is OCCCCCCCCCCCNC(=S)S. The van der Waals surface area contributed by atoms with Crippen molar-refractivity contribution in [2.75, 3.05) is 13.2 Å². The number of thiocarbonyl (C=S) groups is 1. The van der Waals surface area contributed by atoms with Crippen LogP contribution in [-0.2, 0) is 0 Å². The first-order chi connectivity index (χ1) is 7.77. The van der Waals surface area contributed by atoms with Gasteiger partial charge in [0.25, 0.3) is 0 Å². The lowest BCUT2D eigenvalue weighted by molar-refractivity contribution is 0.282. The van der Waals surface area contributed by atoms with Gasteiger partial charge in [0.1, 0.15) is 4.32 Å². The van der Waals surface area contributed by atoms with Crippen LogP contribution in [0.25, 0.3) is 0 Å². The minimum atomic E-state index is 0.347. The molecule has 0 amide bonds. The number of rotatable bonds is 11. The largest absolute Gasteiger partial charge is 0.396 e. The zero-order valence-corrected chi connectivity index (χ0v) is 11.8. The highest BCUT2D eigenvalue weighted by molar-refractivity contribution is 8.11. The Hall–Kier alpha value is 0.200. The van der Waals surface area contributed by atoms with E-state index < -0.39 is 0 Å². The van der Waals surface area contributed by atoms with E-state index in [4.69, 9.17) is 17.3 Å². The van der Waals surface area contributed by atoms with Crippen molar-refractivity contribution in [2.45, 2.75) is 57.8 Å². The Bertz CT molecular complexity index is 165. The topological polar surface area (TPSA) is 32.3 Å². The molecule has 96 valence electrons. The molecule has 0 aromatic heterocycles. The summed E-state index contributed by atoms with van der Waals surface area (Å²) in [6.07, 6.45) is 11.2. The maximum Gasteiger partial charge on any atom is 0.130 e. The average molecular weight is 263 g/mol. The van der Waals surface area contributed by atoms with Gasteiger partial charge >= 0.3 is 0 Å². The van der Waals surface area contributed by atoms with E-state index in [0.29, 0.717) is 10.9 Å². The van der Waals surface area contributed by atoms with Crippen molar-refractivity contribution in [1.82, 2.24) is 5.32 Å². The molecule has 0 aromatic rings. The molecule has 0 atom stereocenters. The van der Waals surface area contributed by atoms with Gasteiger partial charge in [-0.05, 0) is 12.8 Å². The Morgan fingerprint density at radius 1 is 0.875 bits per heavy atom. The van der Waals surface area contributed by atoms with Crippen LogP contribution in [0, 0.1) is 0 Å². The van der Waals surface area contributed by atoms with Crippen molar-refractivity contribution in [3.63, 3.8) is 0 Å². The predicted octanol–water partition coefficient (Wildman–Crippen LogP) is 3.29. The van der Waals surface area contributed by atoms with E-state index in [9.17, 15) is 0 Å². The Labute approximate surface area is 111 Å². The first-order valence-corrected chi connectivity index (χ1v) is 7.20. The molecule has 0 spiro atoms. The second-order valence-electron chi connectivity index (χ2n) is 4.14. The molecule has 0 radical (unpaired) electrons. The highest BCUT2D eigenvalue weighted by Crippen LogP contribution is 2.09. The number of unbranched alkanes of at least 4 members (excludes halogenated alkanes) is 8. The smallest absolute Gasteiger partial charge is 0.130 e. The lowest BCUT2D eigenvalue weighted by Crippen LogP contribution is -2.17. The number of thiol groups is 1. The quantitative estimate of drug-likeness (QED) is 0.304. The number of aliphatic hydroxyl groups excluding tert-OH is 1. The van der Waals surface area contributed by atoms with Gasteiger partial charge in [0, 0.05) is 13.2 Å². The van der Waals surface area contributed by atoms with Gasteiger partial charge in [0.15, 0.2) is 0 Å². The van der Waals surface area contributed by atoms with Gasteiger partial charge in [0.2, 0.25) is 0 Å². The Kier molecular flexibility index (Phi) is 13.4. The molecule has 16 heavy (non-hydrogen) atoms. The maximum atomic E-state index is 8.61. The normalized spacial score (nSPS) is 10.4. The minimum absolute atomic E-state index is 0.347. The van der Waals surface area contributed by atoms with Crippen LogP contribution >= 0.6 is 24.8 Å². The summed E-state index contributed by atoms with van der Waals surface area (Å²) in [4.78, 5) is 0. The monoisotopic (exact) mass is 263 g/mol. The van der Waals surface area contributed by atoms with Gasteiger partial charge in [-0.2, -0.15) is 0 Å². The zero-order valence-electron chi connectivity index (χ0n) is 10.1. The van der Waals surface area contributed by atoms with E-state index >= 15 is 0 Å². The first kappa shape index (κ1) is 16.2. The van der Waals surface area contributed by atoms with Gasteiger partial charge in [-0.15, -0.1) is 12.6 Å². The molecular formula is C12H25NOS2. The molecule has 0 aliphatic carbocycles. The molecule has 2 nitrogen and oxygen atoms in total. The van der Waals surface area contributed by atoms with Crippen LogP contribution in [0.2, 0.25) is 0 Å². The zero-order chi connectivity index (χ0) is 12.1. The van der Waals surface area contributed by atoms with Crippen molar-refractivity contribution in [3.05, 3.63) is 0 Å². The fourth-order valence-electron chi connectivity index (χ4n) is 1.67. The summed E-state index contributed by atoms with van der Waals surface area (Å²) in [6, 6.07) is 0. The van der Waals surface area contributed by atoms with Crippen LogP contribution < -0.4 is 5.32 Å². The molecule has 0 aliphatic rings. The Morgan fingerprint density at radius 3 is 1.75 bits per heavy atom. The summed E-state index contributed by atoms with van der Waals surface area (Å²) in [7, 11) is 0. The van der Waals surface area contributed by atoms with E-state index in [2.05, 4.69) is 17.9 Å². The second kappa shape index (κ2) is 13.3. The molecule has 0 saturated carbocycles. The van der Waals surface area contributed by atoms with Gasteiger partial charge in [0.05, 0.1) is 0 Å². The van der Waals surface area contributed by atoms with E-state index in [1.807, 2.05) is 0 Å². The average Bonchev–Trinajstić information content (AvgIpc) is 2.25. The predicted molar refractivity (Wildman–Crippen MR) is 78.2 cm³/mol. The number of aliphatic hydroxyl groups is 1. The van der Waals surface area contributed by atoms with Gasteiger partial charge < -0.3 is 10.4 Å². The summed E-state index contributed by atoms with van der Waals surface area (Å²) < 4.78 is 0.601. The van der Waals surface area contributed by atoms with Crippen LogP contribution in [-0.4, -0.2) is 22.6 Å². The fourth-order valence-corrected chi connectivity index (χ4v) is 1.88. The van der Waals surface area contributed by atoms with Crippen LogP contribution in [0.4, 0.5) is 0 Å². The molecule has 0 bridgehead atoms. The maximum absolute atomic E-state index is 8.61. The van der Waals surface area contributed by atoms with E-state index in [1.165, 1.54) is 51.4 Å². The molecule has 4 heteroatoms. The molecule has 0 saturated heterocycles. The van der Waals surface area contributed by atoms with Crippen LogP contribution in [0.5, 0.6) is 0 Å². The molecule has 0 rings (SSSR count). The van der Waals surface area contributed by atoms with Crippen molar-refractivity contribution in [1.29, 1.82) is 0 Å². The van der Waals surface area contributed by atoms with Crippen molar-refractivity contribution >= 4 is 29.2 Å². The van der Waals surface area contributed by atoms with E-state index in [-0.39, 0.29) is 0 Å². The summed E-state index contributed by atoms with van der Waals surface area (Å²) in [5.41, 5.74) is 0. The second-order valence-corrected chi connectivity index (χ2v) is 5.30. The lowest BCUT2D eigenvalue weighted by Gasteiger charge is -2.03. The molecular weight excluding hydrogens is 238 g/mol. The molecule has 0 fully saturated rings. The van der Waals surface area contributed by atoms with Crippen LogP contribution in [0.15, 0.2) is 0 Å². The molecule has 0 aliphatic heterocycles. The summed E-state index contributed by atoms with van der Waals surface area (Å²) in [5.74, 6) is 0. The minimum Gasteiger partial charge on any atom is -0.396 e. The molecule has 0 unspecified atom stereocenters. The standard InChI is InChI=1S/C12H25NOS2/c14-11-9-7-5-3-1-2-4-6-8-10-13-12(15)16/h14H,1-11H2,(H2,13,15,16). The highest BCUT2D eigenvalue weighted by Gasteiger charge is 1.93. The van der Waals surface area contributed by atoms with E-state index in [1.54, 1.807) is 0 Å². The third-order valence-electron chi connectivity index (χ3n) is 2.61. The fraction of sp³-hybridized carbons (Fsp3) is 0.917. The molecule has 2 N–H and O–H groups in total. The third kappa shape index (κ3) is 14.2. The first-order valence-electron chi connectivity index (χ1n) is 6.35. The van der Waals surface area contributed by atoms with Crippen LogP contribution in [0.1, 0.15) is 57.8 Å². The van der Waals surface area contributed by atoms with E-state index in [0.717, 1.165) is 13.0 Å². The Balaban J connectivity index is 2.90. The molecule has 0 heterocycles. The molecule has 0 aromatic carbocycles. The van der Waals surface area contributed by atoms with Gasteiger partial charge in [-0.3, -0.25) is 0 Å². The van der Waals surface area contributed by atoms with Crippen LogP contribution in [0.3, 0.4) is 0 Å². The number of hydrogen-bond acceptors (Lipinski definition) is 2. The van der Waals surface area contributed by atoms with Gasteiger partial charge in [-0.25, -0.2) is 0 Å². The highest BCUT2D eigenvalue weighted by atomic mass is 32.1. The summed E-state index contributed by atoms with van der Waals surface area (Å²) in [6.45, 7) is 1.30. The third-order valence-corrected chi connectivity index (χ3v) is 2.91. The van der Waals surface area contributed by atoms with Crippen molar-refractivity contribution in [3.8, 4) is 0 Å². The Morgan fingerprint density at radius 2 is 1.31 bits per heavy atom. The summed E-state index contributed by atoms with van der Waals surface area (Å²) in [5, 5.41) is 11.7. The lowest BCUT2D eigenvalue weighted by atomic mass is 10.1. The summed E-state index contributed by atoms with van der Waals surface area (Å²) >= 11 is 8.80. The number of hydrogen-bond donors (Lipinski definition) is 3. The number of nitrogens with one attached hydrogen (secondary N) is 1. The van der Waals surface area contributed by atoms with Crippen molar-refractivity contribution < 1.29 is 5.11 Å².